The van der Waals surface area contributed by atoms with E-state index in [4.69, 9.17) is 10.8 Å². The van der Waals surface area contributed by atoms with Crippen molar-refractivity contribution >= 4 is 16.6 Å². The lowest BCUT2D eigenvalue weighted by Crippen LogP contribution is -2.38. The molecule has 0 aliphatic carbocycles. The highest BCUT2D eigenvalue weighted by atomic mass is 15.3. The maximum Gasteiger partial charge on any atom is 0.138 e. The molecule has 38 heavy (non-hydrogen) atoms. The maximum atomic E-state index is 6.35. The van der Waals surface area contributed by atoms with Gasteiger partial charge >= 0.3 is 0 Å². The normalized spacial score (nSPS) is 11.8. The zero-order chi connectivity index (χ0) is 26.1. The first-order valence-corrected chi connectivity index (χ1v) is 13.1. The van der Waals surface area contributed by atoms with Gasteiger partial charge in [-0.05, 0) is 46.4 Å². The number of nitrogens with zero attached hydrogens (tertiary/aromatic N) is 2. The molecule has 1 heterocycles. The van der Waals surface area contributed by atoms with Gasteiger partial charge in [-0.1, -0.05) is 129 Å². The summed E-state index contributed by atoms with van der Waals surface area (Å²) in [5, 5.41) is 6.47. The van der Waals surface area contributed by atoms with Crippen molar-refractivity contribution < 1.29 is 0 Å². The molecule has 3 nitrogen and oxygen atoms in total. The minimum absolute atomic E-state index is 0.468. The third-order valence-corrected chi connectivity index (χ3v) is 7.45. The summed E-state index contributed by atoms with van der Waals surface area (Å²) in [6.45, 7) is 4.43. The van der Waals surface area contributed by atoms with Crippen molar-refractivity contribution in [3.05, 3.63) is 156 Å². The molecule has 6 aromatic rings. The van der Waals surface area contributed by atoms with Crippen LogP contribution >= 0.6 is 0 Å². The van der Waals surface area contributed by atoms with E-state index in [1.54, 1.807) is 0 Å². The molecule has 0 fully saturated rings. The van der Waals surface area contributed by atoms with E-state index < -0.39 is 5.54 Å². The molecule has 0 saturated heterocycles. The van der Waals surface area contributed by atoms with E-state index in [1.165, 1.54) is 5.56 Å². The molecular weight excluding hydrogens is 462 g/mol. The first kappa shape index (κ1) is 23.7. The molecular formula is C35H31N3. The average molecular weight is 494 g/mol. The summed E-state index contributed by atoms with van der Waals surface area (Å²) in [7, 11) is 0. The van der Waals surface area contributed by atoms with Crippen LogP contribution in [0.3, 0.4) is 0 Å². The van der Waals surface area contributed by atoms with Crippen molar-refractivity contribution in [3.63, 3.8) is 0 Å². The summed E-state index contributed by atoms with van der Waals surface area (Å²) >= 11 is 0. The van der Waals surface area contributed by atoms with E-state index in [9.17, 15) is 0 Å². The molecule has 1 aromatic heterocycles. The minimum atomic E-state index is -0.700. The molecule has 0 saturated carbocycles. The number of aromatic nitrogens is 2. The highest BCUT2D eigenvalue weighted by molar-refractivity contribution is 5.95. The lowest BCUT2D eigenvalue weighted by molar-refractivity contribution is 0.477. The van der Waals surface area contributed by atoms with E-state index >= 15 is 0 Å². The summed E-state index contributed by atoms with van der Waals surface area (Å²) in [5.74, 6) is 0.468. The summed E-state index contributed by atoms with van der Waals surface area (Å²) in [4.78, 5) is 0. The van der Waals surface area contributed by atoms with Crippen molar-refractivity contribution in [2.45, 2.75) is 25.3 Å². The van der Waals surface area contributed by atoms with Crippen molar-refractivity contribution in [2.75, 3.05) is 5.73 Å². The smallest absolute Gasteiger partial charge is 0.138 e. The Bertz CT molecular complexity index is 1570. The van der Waals surface area contributed by atoms with Crippen LogP contribution < -0.4 is 5.73 Å². The van der Waals surface area contributed by atoms with Crippen LogP contribution in [0.25, 0.3) is 22.2 Å². The van der Waals surface area contributed by atoms with E-state index in [-0.39, 0.29) is 0 Å². The minimum Gasteiger partial charge on any atom is -0.399 e. The summed E-state index contributed by atoms with van der Waals surface area (Å²) in [6, 6.07) is 46.9. The van der Waals surface area contributed by atoms with Crippen molar-refractivity contribution in [2.24, 2.45) is 0 Å². The fraction of sp³-hybridized carbons (Fsp3) is 0.114. The molecule has 0 unspecified atom stereocenters. The van der Waals surface area contributed by atoms with Crippen molar-refractivity contribution in [3.8, 4) is 11.3 Å². The van der Waals surface area contributed by atoms with Gasteiger partial charge < -0.3 is 5.73 Å². The Morgan fingerprint density at radius 2 is 1.13 bits per heavy atom. The fourth-order valence-electron chi connectivity index (χ4n) is 5.54. The molecule has 0 atom stereocenters. The maximum absolute atomic E-state index is 6.35. The Labute approximate surface area is 224 Å². The first-order chi connectivity index (χ1) is 18.6. The third-order valence-electron chi connectivity index (χ3n) is 7.45. The molecule has 0 amide bonds. The van der Waals surface area contributed by atoms with Gasteiger partial charge in [0.25, 0.3) is 0 Å². The van der Waals surface area contributed by atoms with Gasteiger partial charge in [0.1, 0.15) is 11.2 Å². The Kier molecular flexibility index (Phi) is 6.05. The number of hydrogen-bond donors (Lipinski definition) is 1. The summed E-state index contributed by atoms with van der Waals surface area (Å²) in [6.07, 6.45) is 0. The standard InChI is InChI=1S/C35H31N3/c1-25(2)26-18-20-27(21-19-26)34-32-24-31(36)22-23-33(32)38(37-34)35(28-12-6-3-7-13-28,29-14-8-4-9-15-29)30-16-10-5-11-17-30/h3-25H,36H2,1-2H3. The number of fused-ring (bicyclic) bond motifs is 1. The molecule has 0 spiro atoms. The van der Waals surface area contributed by atoms with E-state index in [1.807, 2.05) is 6.07 Å². The first-order valence-electron chi connectivity index (χ1n) is 13.1. The van der Waals surface area contributed by atoms with Gasteiger partial charge in [0.05, 0.1) is 5.52 Å². The van der Waals surface area contributed by atoms with Crippen LogP contribution in [0.1, 0.15) is 42.0 Å². The highest BCUT2D eigenvalue weighted by Crippen LogP contribution is 2.44. The molecule has 6 rings (SSSR count). The van der Waals surface area contributed by atoms with E-state index in [0.717, 1.165) is 44.5 Å². The predicted octanol–water partition coefficient (Wildman–Crippen LogP) is 8.25. The molecule has 3 heteroatoms. The third kappa shape index (κ3) is 3.88. The Balaban J connectivity index is 1.74. The van der Waals surface area contributed by atoms with Gasteiger partial charge in [-0.2, -0.15) is 5.10 Å². The SMILES string of the molecule is CC(C)c1ccc(-c2nn(C(c3ccccc3)(c3ccccc3)c3ccccc3)c3ccc(N)cc23)cc1. The number of hydrogen-bond acceptors (Lipinski definition) is 2. The van der Waals surface area contributed by atoms with Gasteiger partial charge in [-0.3, -0.25) is 0 Å². The molecule has 5 aromatic carbocycles. The number of nitrogens with two attached hydrogens (primary N) is 1. The Morgan fingerprint density at radius 1 is 0.632 bits per heavy atom. The second kappa shape index (κ2) is 9.68. The van der Waals surface area contributed by atoms with Crippen LogP contribution in [-0.4, -0.2) is 9.78 Å². The van der Waals surface area contributed by atoms with Crippen molar-refractivity contribution in [1.29, 1.82) is 0 Å². The van der Waals surface area contributed by atoms with Crippen LogP contribution in [0.5, 0.6) is 0 Å². The van der Waals surface area contributed by atoms with Crippen LogP contribution in [0.4, 0.5) is 5.69 Å². The molecule has 0 radical (unpaired) electrons. The zero-order valence-electron chi connectivity index (χ0n) is 21.8. The number of anilines is 1. The van der Waals surface area contributed by atoms with Crippen LogP contribution in [-0.2, 0) is 5.54 Å². The predicted molar refractivity (Wildman–Crippen MR) is 158 cm³/mol. The second-order valence-corrected chi connectivity index (χ2v) is 10.1. The highest BCUT2D eigenvalue weighted by Gasteiger charge is 2.40. The Hall–Kier alpha value is -4.63. The van der Waals surface area contributed by atoms with E-state index in [0.29, 0.717) is 5.92 Å². The van der Waals surface area contributed by atoms with Crippen LogP contribution in [0.2, 0.25) is 0 Å². The zero-order valence-corrected chi connectivity index (χ0v) is 21.8. The monoisotopic (exact) mass is 493 g/mol. The molecule has 0 aliphatic heterocycles. The molecule has 186 valence electrons. The Morgan fingerprint density at radius 3 is 1.61 bits per heavy atom. The summed E-state index contributed by atoms with van der Waals surface area (Å²) in [5.41, 5.74) is 14.1. The fourth-order valence-corrected chi connectivity index (χ4v) is 5.54. The van der Waals surface area contributed by atoms with Gasteiger partial charge in [0, 0.05) is 16.6 Å². The lowest BCUT2D eigenvalue weighted by atomic mass is 9.77. The quantitative estimate of drug-likeness (QED) is 0.187. The number of benzene rings is 5. The van der Waals surface area contributed by atoms with Gasteiger partial charge in [-0.25, -0.2) is 4.68 Å². The number of rotatable bonds is 6. The van der Waals surface area contributed by atoms with E-state index in [2.05, 4.69) is 146 Å². The molecule has 0 bridgehead atoms. The largest absolute Gasteiger partial charge is 0.399 e. The average Bonchev–Trinajstić information content (AvgIpc) is 3.34. The molecule has 2 N–H and O–H groups in total. The van der Waals surface area contributed by atoms with Gasteiger partial charge in [0.15, 0.2) is 0 Å². The topological polar surface area (TPSA) is 43.8 Å². The summed E-state index contributed by atoms with van der Waals surface area (Å²) < 4.78 is 2.20. The van der Waals surface area contributed by atoms with Crippen LogP contribution in [0.15, 0.2) is 133 Å². The number of nitrogen functional groups attached to an aromatic ring is 1. The molecule has 0 aliphatic rings. The van der Waals surface area contributed by atoms with Gasteiger partial charge in [0.2, 0.25) is 0 Å². The lowest BCUT2D eigenvalue weighted by Gasteiger charge is -2.37. The van der Waals surface area contributed by atoms with Gasteiger partial charge in [-0.15, -0.1) is 0 Å². The second-order valence-electron chi connectivity index (χ2n) is 10.1. The van der Waals surface area contributed by atoms with Crippen molar-refractivity contribution in [1.82, 2.24) is 9.78 Å². The van der Waals surface area contributed by atoms with Crippen LogP contribution in [0, 0.1) is 0 Å².